The van der Waals surface area contributed by atoms with Gasteiger partial charge in [-0.1, -0.05) is 29.8 Å². The van der Waals surface area contributed by atoms with Crippen LogP contribution in [0.15, 0.2) is 54.3 Å². The van der Waals surface area contributed by atoms with Crippen molar-refractivity contribution in [2.45, 2.75) is 6.92 Å². The quantitative estimate of drug-likeness (QED) is 0.337. The number of hydrogen-bond donors (Lipinski definition) is 3. The van der Waals surface area contributed by atoms with Gasteiger partial charge in [-0.2, -0.15) is 5.26 Å². The minimum atomic E-state index is -0.751. The van der Waals surface area contributed by atoms with Crippen molar-refractivity contribution in [1.82, 2.24) is 15.3 Å². The van der Waals surface area contributed by atoms with Crippen LogP contribution >= 0.6 is 0 Å². The largest absolute Gasteiger partial charge is 0.507 e. The van der Waals surface area contributed by atoms with Crippen molar-refractivity contribution in [2.24, 2.45) is 0 Å². The topological polar surface area (TPSA) is 128 Å². The molecule has 0 aliphatic heterocycles. The summed E-state index contributed by atoms with van der Waals surface area (Å²) in [7, 11) is 0. The van der Waals surface area contributed by atoms with Crippen LogP contribution in [0, 0.1) is 18.3 Å². The van der Waals surface area contributed by atoms with Crippen molar-refractivity contribution in [3.05, 3.63) is 71.2 Å². The minimum absolute atomic E-state index is 0.127. The average molecular weight is 390 g/mol. The van der Waals surface area contributed by atoms with E-state index in [-0.39, 0.29) is 17.9 Å². The number of fused-ring (bicyclic) bond motifs is 1. The van der Waals surface area contributed by atoms with Crippen LogP contribution in [-0.4, -0.2) is 40.1 Å². The Hall–Kier alpha value is -4.12. The highest BCUT2D eigenvalue weighted by molar-refractivity contribution is 5.96. The Bertz CT molecular complexity index is 1090. The van der Waals surface area contributed by atoms with Gasteiger partial charge in [0.2, 0.25) is 0 Å². The lowest BCUT2D eigenvalue weighted by Crippen LogP contribution is -2.31. The van der Waals surface area contributed by atoms with Gasteiger partial charge < -0.3 is 20.1 Å². The van der Waals surface area contributed by atoms with Crippen LogP contribution in [0.5, 0.6) is 0 Å². The van der Waals surface area contributed by atoms with E-state index in [1.807, 2.05) is 19.1 Å². The predicted octanol–water partition coefficient (Wildman–Crippen LogP) is 2.64. The number of nitrogens with one attached hydrogen (secondary N) is 2. The molecule has 1 aromatic heterocycles. The Morgan fingerprint density at radius 1 is 1.21 bits per heavy atom. The van der Waals surface area contributed by atoms with Gasteiger partial charge in [-0.05, 0) is 31.2 Å². The first-order valence-electron chi connectivity index (χ1n) is 8.75. The van der Waals surface area contributed by atoms with E-state index < -0.39 is 24.2 Å². The molecule has 0 atom stereocenters. The maximum absolute atomic E-state index is 12.0. The van der Waals surface area contributed by atoms with Crippen LogP contribution in [0.1, 0.15) is 21.7 Å². The van der Waals surface area contributed by atoms with E-state index in [2.05, 4.69) is 15.3 Å². The Labute approximate surface area is 166 Å². The zero-order valence-electron chi connectivity index (χ0n) is 15.6. The second kappa shape index (κ2) is 8.71. The van der Waals surface area contributed by atoms with Crippen molar-refractivity contribution in [1.29, 1.82) is 5.26 Å². The SMILES string of the molecule is Cc1ccc(C(=O)NCC(=O)OC/C(O)=C(\C#N)c2nc3ccccc3[nH]2)cc1. The van der Waals surface area contributed by atoms with Crippen molar-refractivity contribution in [3.63, 3.8) is 0 Å². The molecule has 8 nitrogen and oxygen atoms in total. The van der Waals surface area contributed by atoms with Gasteiger partial charge in [0.25, 0.3) is 5.91 Å². The molecule has 3 aromatic rings. The summed E-state index contributed by atoms with van der Waals surface area (Å²) in [6.07, 6.45) is 0. The molecular formula is C21H18N4O4. The molecule has 1 heterocycles. The number of carbonyl (C=O) groups excluding carboxylic acids is 2. The fourth-order valence-electron chi connectivity index (χ4n) is 2.56. The number of amides is 1. The number of aromatic nitrogens is 2. The van der Waals surface area contributed by atoms with Crippen LogP contribution in [0.4, 0.5) is 0 Å². The number of hydrogen-bond acceptors (Lipinski definition) is 6. The molecule has 3 N–H and O–H groups in total. The van der Waals surface area contributed by atoms with E-state index in [0.29, 0.717) is 16.6 Å². The third kappa shape index (κ3) is 4.78. The highest BCUT2D eigenvalue weighted by Gasteiger charge is 2.15. The first kappa shape index (κ1) is 19.6. The number of rotatable bonds is 6. The lowest BCUT2D eigenvalue weighted by molar-refractivity contribution is -0.142. The smallest absolute Gasteiger partial charge is 0.325 e. The molecule has 0 aliphatic carbocycles. The Balaban J connectivity index is 1.58. The van der Waals surface area contributed by atoms with Crippen LogP contribution in [0.3, 0.4) is 0 Å². The number of imidazole rings is 1. The monoisotopic (exact) mass is 390 g/mol. The number of ether oxygens (including phenoxy) is 1. The van der Waals surface area contributed by atoms with Crippen molar-refractivity contribution < 1.29 is 19.4 Å². The Kier molecular flexibility index (Phi) is 5.90. The lowest BCUT2D eigenvalue weighted by atomic mass is 10.1. The number of nitriles is 1. The third-order valence-corrected chi connectivity index (χ3v) is 4.10. The second-order valence-corrected chi connectivity index (χ2v) is 6.25. The molecule has 8 heteroatoms. The molecule has 146 valence electrons. The summed E-state index contributed by atoms with van der Waals surface area (Å²) in [5.41, 5.74) is 2.65. The standard InChI is InChI=1S/C21H18N4O4/c1-13-6-8-14(9-7-13)21(28)23-11-19(27)29-12-18(26)15(10-22)20-24-16-4-2-3-5-17(16)25-20/h2-9,26H,11-12H2,1H3,(H,23,28)(H,24,25)/b18-15-. The summed E-state index contributed by atoms with van der Waals surface area (Å²) in [6, 6.07) is 15.9. The fraction of sp³-hybridized carbons (Fsp3) is 0.143. The van der Waals surface area contributed by atoms with Gasteiger partial charge in [0.1, 0.15) is 24.8 Å². The van der Waals surface area contributed by atoms with Gasteiger partial charge in [-0.25, -0.2) is 4.98 Å². The van der Waals surface area contributed by atoms with Gasteiger partial charge in [-0.15, -0.1) is 0 Å². The molecule has 29 heavy (non-hydrogen) atoms. The van der Waals surface area contributed by atoms with E-state index in [1.165, 1.54) is 0 Å². The molecule has 0 saturated carbocycles. The predicted molar refractivity (Wildman–Crippen MR) is 106 cm³/mol. The Morgan fingerprint density at radius 3 is 2.62 bits per heavy atom. The number of H-pyrrole nitrogens is 1. The van der Waals surface area contributed by atoms with Crippen molar-refractivity contribution >= 4 is 28.5 Å². The zero-order valence-corrected chi connectivity index (χ0v) is 15.6. The van der Waals surface area contributed by atoms with Gasteiger partial charge in [0.15, 0.2) is 11.6 Å². The number of aryl methyl sites for hydroxylation is 1. The first-order valence-corrected chi connectivity index (χ1v) is 8.75. The van der Waals surface area contributed by atoms with Crippen molar-refractivity contribution in [3.8, 4) is 6.07 Å². The van der Waals surface area contributed by atoms with E-state index in [4.69, 9.17) is 4.74 Å². The average Bonchev–Trinajstić information content (AvgIpc) is 3.15. The normalized spacial score (nSPS) is 11.4. The molecule has 0 saturated heterocycles. The van der Waals surface area contributed by atoms with Gasteiger partial charge in [0.05, 0.1) is 11.0 Å². The fourth-order valence-corrected chi connectivity index (χ4v) is 2.56. The zero-order chi connectivity index (χ0) is 20.8. The number of aliphatic hydroxyl groups excluding tert-OH is 1. The number of allylic oxidation sites excluding steroid dienone is 1. The summed E-state index contributed by atoms with van der Waals surface area (Å²) in [5, 5.41) is 21.9. The molecule has 0 unspecified atom stereocenters. The first-order chi connectivity index (χ1) is 14.0. The van der Waals surface area contributed by atoms with Gasteiger partial charge in [-0.3, -0.25) is 9.59 Å². The van der Waals surface area contributed by atoms with Gasteiger partial charge >= 0.3 is 5.97 Å². The van der Waals surface area contributed by atoms with Crippen LogP contribution < -0.4 is 5.32 Å². The van der Waals surface area contributed by atoms with E-state index in [1.54, 1.807) is 42.5 Å². The second-order valence-electron chi connectivity index (χ2n) is 6.25. The van der Waals surface area contributed by atoms with Crippen molar-refractivity contribution in [2.75, 3.05) is 13.2 Å². The van der Waals surface area contributed by atoms with E-state index in [9.17, 15) is 20.0 Å². The minimum Gasteiger partial charge on any atom is -0.507 e. The molecule has 0 spiro atoms. The molecule has 0 radical (unpaired) electrons. The molecule has 1 amide bonds. The molecule has 2 aromatic carbocycles. The van der Waals surface area contributed by atoms with Crippen LogP contribution in [0.2, 0.25) is 0 Å². The highest BCUT2D eigenvalue weighted by atomic mass is 16.5. The molecule has 3 rings (SSSR count). The maximum Gasteiger partial charge on any atom is 0.325 e. The van der Waals surface area contributed by atoms with E-state index in [0.717, 1.165) is 5.56 Å². The number of benzene rings is 2. The summed E-state index contributed by atoms with van der Waals surface area (Å²) in [4.78, 5) is 31.0. The number of aromatic amines is 1. The summed E-state index contributed by atoms with van der Waals surface area (Å²) in [6.45, 7) is 1.02. The number of aliphatic hydroxyl groups is 1. The number of carbonyl (C=O) groups is 2. The molecule has 0 bridgehead atoms. The lowest BCUT2D eigenvalue weighted by Gasteiger charge is -2.07. The van der Waals surface area contributed by atoms with E-state index >= 15 is 0 Å². The van der Waals surface area contributed by atoms with Crippen LogP contribution in [-0.2, 0) is 9.53 Å². The summed E-state index contributed by atoms with van der Waals surface area (Å²) < 4.78 is 4.93. The summed E-state index contributed by atoms with van der Waals surface area (Å²) >= 11 is 0. The third-order valence-electron chi connectivity index (χ3n) is 4.10. The van der Waals surface area contributed by atoms with Gasteiger partial charge in [0, 0.05) is 5.56 Å². The number of para-hydroxylation sites is 2. The maximum atomic E-state index is 12.0. The molecule has 0 aliphatic rings. The summed E-state index contributed by atoms with van der Waals surface area (Å²) in [5.74, 6) is -1.43. The molecular weight excluding hydrogens is 372 g/mol. The highest BCUT2D eigenvalue weighted by Crippen LogP contribution is 2.18. The number of nitrogens with zero attached hydrogens (tertiary/aromatic N) is 2. The van der Waals surface area contributed by atoms with Crippen LogP contribution in [0.25, 0.3) is 16.6 Å². The number of esters is 1. The molecule has 0 fully saturated rings. The Morgan fingerprint density at radius 2 is 1.93 bits per heavy atom.